The topological polar surface area (TPSA) is 104 Å². The molecule has 0 aliphatic rings. The predicted octanol–water partition coefficient (Wildman–Crippen LogP) is 3.41. The van der Waals surface area contributed by atoms with E-state index < -0.39 is 16.9 Å². The number of halogens is 2. The number of non-ortho nitro benzene ring substituents is 1. The van der Waals surface area contributed by atoms with Crippen LogP contribution in [0, 0.1) is 10.1 Å². The van der Waals surface area contributed by atoms with Gasteiger partial charge in [-0.25, -0.2) is 0 Å². The summed E-state index contributed by atoms with van der Waals surface area (Å²) in [6.45, 7) is 0.00522. The van der Waals surface area contributed by atoms with Gasteiger partial charge < -0.3 is 15.7 Å². The lowest BCUT2D eigenvalue weighted by Crippen LogP contribution is -2.21. The summed E-state index contributed by atoms with van der Waals surface area (Å²) >= 11 is 12.1. The Morgan fingerprint density at radius 3 is 2.48 bits per heavy atom. The van der Waals surface area contributed by atoms with Crippen molar-refractivity contribution in [3.8, 4) is 0 Å². The first kappa shape index (κ1) is 19.0. The van der Waals surface area contributed by atoms with Crippen LogP contribution in [0.1, 0.15) is 22.0 Å². The molecule has 2 aromatic carbocycles. The summed E-state index contributed by atoms with van der Waals surface area (Å²) in [6, 6.07) is 8.71. The van der Waals surface area contributed by atoms with Crippen LogP contribution in [-0.4, -0.2) is 29.5 Å². The van der Waals surface area contributed by atoms with Crippen molar-refractivity contribution in [2.24, 2.45) is 0 Å². The summed E-state index contributed by atoms with van der Waals surface area (Å²) in [5.41, 5.74) is 0.585. The highest BCUT2D eigenvalue weighted by atomic mass is 35.5. The highest BCUT2D eigenvalue weighted by molar-refractivity contribution is 6.36. The van der Waals surface area contributed by atoms with Crippen LogP contribution in [-0.2, 0) is 0 Å². The number of aliphatic hydroxyl groups is 1. The molecule has 0 bridgehead atoms. The summed E-state index contributed by atoms with van der Waals surface area (Å²) in [5.74, 6) is -0.489. The average Bonchev–Trinajstić information content (AvgIpc) is 2.58. The second kappa shape index (κ2) is 8.15. The molecule has 0 radical (unpaired) electrons. The van der Waals surface area contributed by atoms with Gasteiger partial charge in [0, 0.05) is 47.0 Å². The number of aliphatic hydroxyl groups excluding tert-OH is 1. The minimum Gasteiger partial charge on any atom is -0.386 e. The zero-order chi connectivity index (χ0) is 18.6. The smallest absolute Gasteiger partial charge is 0.270 e. The lowest BCUT2D eigenvalue weighted by Gasteiger charge is -2.17. The molecule has 0 saturated carbocycles. The van der Waals surface area contributed by atoms with Crippen LogP contribution < -0.4 is 10.6 Å². The average molecular weight is 384 g/mol. The number of carbonyl (C=O) groups is 1. The molecular formula is C16H15Cl2N3O4. The predicted molar refractivity (Wildman–Crippen MR) is 96.4 cm³/mol. The van der Waals surface area contributed by atoms with Gasteiger partial charge in [-0.1, -0.05) is 29.3 Å². The third-order valence-electron chi connectivity index (χ3n) is 3.50. The summed E-state index contributed by atoms with van der Waals surface area (Å²) in [7, 11) is 1.42. The van der Waals surface area contributed by atoms with E-state index in [2.05, 4.69) is 10.6 Å². The third kappa shape index (κ3) is 4.39. The monoisotopic (exact) mass is 383 g/mol. The maximum absolute atomic E-state index is 12.0. The molecule has 9 heteroatoms. The third-order valence-corrected chi connectivity index (χ3v) is 4.16. The van der Waals surface area contributed by atoms with Crippen LogP contribution in [0.2, 0.25) is 10.0 Å². The van der Waals surface area contributed by atoms with Crippen LogP contribution in [0.5, 0.6) is 0 Å². The molecule has 1 amide bonds. The number of hydrogen-bond acceptors (Lipinski definition) is 5. The lowest BCUT2D eigenvalue weighted by molar-refractivity contribution is -0.384. The van der Waals surface area contributed by atoms with E-state index in [4.69, 9.17) is 23.2 Å². The van der Waals surface area contributed by atoms with Crippen molar-refractivity contribution in [1.82, 2.24) is 5.32 Å². The Morgan fingerprint density at radius 2 is 1.92 bits per heavy atom. The zero-order valence-corrected chi connectivity index (χ0v) is 14.6. The number of amides is 1. The fraction of sp³-hybridized carbons (Fsp3) is 0.188. The Balaban J connectivity index is 2.25. The molecule has 0 spiro atoms. The van der Waals surface area contributed by atoms with Gasteiger partial charge in [0.25, 0.3) is 11.6 Å². The maximum atomic E-state index is 12.0. The number of nitrogens with one attached hydrogen (secondary N) is 2. The number of rotatable bonds is 6. The van der Waals surface area contributed by atoms with E-state index in [0.717, 1.165) is 6.07 Å². The van der Waals surface area contributed by atoms with Crippen LogP contribution in [0.4, 0.5) is 11.4 Å². The molecule has 0 fully saturated rings. The molecule has 0 saturated heterocycles. The number of benzene rings is 2. The van der Waals surface area contributed by atoms with Crippen molar-refractivity contribution in [1.29, 1.82) is 0 Å². The molecule has 2 rings (SSSR count). The van der Waals surface area contributed by atoms with E-state index in [1.807, 2.05) is 0 Å². The highest BCUT2D eigenvalue weighted by Gasteiger charge is 2.19. The SMILES string of the molecule is CNC(=O)c1cc([N+](=O)[O-])ccc1NCC(O)c1c(Cl)cccc1Cl. The van der Waals surface area contributed by atoms with Gasteiger partial charge in [-0.15, -0.1) is 0 Å². The van der Waals surface area contributed by atoms with Gasteiger partial charge >= 0.3 is 0 Å². The normalized spacial score (nSPS) is 11.7. The van der Waals surface area contributed by atoms with E-state index >= 15 is 0 Å². The molecule has 7 nitrogen and oxygen atoms in total. The molecule has 1 atom stereocenters. The summed E-state index contributed by atoms with van der Waals surface area (Å²) in [4.78, 5) is 22.3. The molecule has 1 unspecified atom stereocenters. The zero-order valence-electron chi connectivity index (χ0n) is 13.1. The Labute approximate surface area is 153 Å². The van der Waals surface area contributed by atoms with Crippen molar-refractivity contribution >= 4 is 40.5 Å². The van der Waals surface area contributed by atoms with Crippen LogP contribution in [0.25, 0.3) is 0 Å². The molecule has 0 heterocycles. The Morgan fingerprint density at radius 1 is 1.28 bits per heavy atom. The van der Waals surface area contributed by atoms with Crippen molar-refractivity contribution < 1.29 is 14.8 Å². The largest absolute Gasteiger partial charge is 0.386 e. The Bertz CT molecular complexity index is 794. The van der Waals surface area contributed by atoms with Gasteiger partial charge in [0.15, 0.2) is 0 Å². The number of anilines is 1. The highest BCUT2D eigenvalue weighted by Crippen LogP contribution is 2.31. The van der Waals surface area contributed by atoms with Gasteiger partial charge in [-0.2, -0.15) is 0 Å². The Hall–Kier alpha value is -2.35. The number of nitrogens with zero attached hydrogens (tertiary/aromatic N) is 1. The van der Waals surface area contributed by atoms with Crippen LogP contribution in [0.15, 0.2) is 36.4 Å². The van der Waals surface area contributed by atoms with E-state index in [0.29, 0.717) is 21.3 Å². The fourth-order valence-electron chi connectivity index (χ4n) is 2.26. The second-order valence-electron chi connectivity index (χ2n) is 5.10. The minimum absolute atomic E-state index is 0.00522. The first-order chi connectivity index (χ1) is 11.8. The molecule has 132 valence electrons. The number of nitro benzene ring substituents is 1. The molecule has 3 N–H and O–H groups in total. The first-order valence-electron chi connectivity index (χ1n) is 7.21. The van der Waals surface area contributed by atoms with E-state index in [9.17, 15) is 20.0 Å². The number of hydrogen-bond donors (Lipinski definition) is 3. The van der Waals surface area contributed by atoms with Gasteiger partial charge in [-0.3, -0.25) is 14.9 Å². The lowest BCUT2D eigenvalue weighted by atomic mass is 10.1. The maximum Gasteiger partial charge on any atom is 0.270 e. The summed E-state index contributed by atoms with van der Waals surface area (Å²) in [6.07, 6.45) is -1.03. The standard InChI is InChI=1S/C16H15Cl2N3O4/c1-19-16(23)10-7-9(21(24)25)5-6-13(10)20-8-14(22)15-11(17)3-2-4-12(15)18/h2-7,14,20,22H,8H2,1H3,(H,19,23). The molecule has 0 aromatic heterocycles. The molecule has 25 heavy (non-hydrogen) atoms. The van der Waals surface area contributed by atoms with Crippen molar-refractivity contribution in [2.75, 3.05) is 18.9 Å². The minimum atomic E-state index is -1.03. The van der Waals surface area contributed by atoms with E-state index in [1.165, 1.54) is 19.2 Å². The van der Waals surface area contributed by atoms with E-state index in [-0.39, 0.29) is 17.8 Å². The Kier molecular flexibility index (Phi) is 6.19. The van der Waals surface area contributed by atoms with Gasteiger partial charge in [-0.05, 0) is 18.2 Å². The van der Waals surface area contributed by atoms with Crippen LogP contribution in [0.3, 0.4) is 0 Å². The second-order valence-corrected chi connectivity index (χ2v) is 5.91. The van der Waals surface area contributed by atoms with Gasteiger partial charge in [0.1, 0.15) is 0 Å². The molecule has 0 aliphatic carbocycles. The first-order valence-corrected chi connectivity index (χ1v) is 7.97. The van der Waals surface area contributed by atoms with Crippen molar-refractivity contribution in [3.05, 3.63) is 67.7 Å². The molecule has 0 aliphatic heterocycles. The van der Waals surface area contributed by atoms with Crippen LogP contribution >= 0.6 is 23.2 Å². The fourth-order valence-corrected chi connectivity index (χ4v) is 2.91. The van der Waals surface area contributed by atoms with Crippen molar-refractivity contribution in [3.63, 3.8) is 0 Å². The van der Waals surface area contributed by atoms with Gasteiger partial charge in [0.05, 0.1) is 16.6 Å². The molecular weight excluding hydrogens is 369 g/mol. The summed E-state index contributed by atoms with van der Waals surface area (Å²) in [5, 5.41) is 27.2. The number of carbonyl (C=O) groups excluding carboxylic acids is 1. The van der Waals surface area contributed by atoms with Gasteiger partial charge in [0.2, 0.25) is 0 Å². The quantitative estimate of drug-likeness (QED) is 0.523. The number of nitro groups is 1. The van der Waals surface area contributed by atoms with Crippen molar-refractivity contribution in [2.45, 2.75) is 6.10 Å². The summed E-state index contributed by atoms with van der Waals surface area (Å²) < 4.78 is 0. The molecule has 2 aromatic rings. The van der Waals surface area contributed by atoms with E-state index in [1.54, 1.807) is 18.2 Å².